The van der Waals surface area contributed by atoms with Gasteiger partial charge in [-0.2, -0.15) is 0 Å². The van der Waals surface area contributed by atoms with Gasteiger partial charge in [-0.25, -0.2) is 0 Å². The Kier molecular flexibility index (Phi) is 2.87. The molecule has 19 heavy (non-hydrogen) atoms. The molecule has 98 valence electrons. The van der Waals surface area contributed by atoms with Crippen molar-refractivity contribution in [3.05, 3.63) is 42.2 Å². The molecule has 0 saturated heterocycles. The molecule has 0 saturated carbocycles. The third kappa shape index (κ3) is 2.40. The summed E-state index contributed by atoms with van der Waals surface area (Å²) in [5.41, 5.74) is 1.68. The van der Waals surface area contributed by atoms with E-state index in [4.69, 9.17) is 14.6 Å². The maximum absolute atomic E-state index is 10.7. The minimum atomic E-state index is -0.833. The van der Waals surface area contributed by atoms with E-state index >= 15 is 0 Å². The Bertz CT molecular complexity index is 618. The van der Waals surface area contributed by atoms with E-state index in [2.05, 4.69) is 0 Å². The molecule has 0 spiro atoms. The molecule has 1 N–H and O–H groups in total. The zero-order chi connectivity index (χ0) is 13.2. The van der Waals surface area contributed by atoms with Gasteiger partial charge in [-0.1, -0.05) is 0 Å². The summed E-state index contributed by atoms with van der Waals surface area (Å²) in [6, 6.07) is 7.46. The Morgan fingerprint density at radius 2 is 2.00 bits per heavy atom. The molecule has 1 aliphatic rings. The molecule has 0 aliphatic carbocycles. The van der Waals surface area contributed by atoms with Gasteiger partial charge in [0.25, 0.3) is 0 Å². The fraction of sp³-hybridized carbons (Fsp3) is 0.214. The lowest BCUT2D eigenvalue weighted by Crippen LogP contribution is -2.15. The Morgan fingerprint density at radius 1 is 1.21 bits per heavy atom. The van der Waals surface area contributed by atoms with Gasteiger partial charge in [-0.05, 0) is 23.8 Å². The van der Waals surface area contributed by atoms with Crippen LogP contribution < -0.4 is 9.47 Å². The Labute approximate surface area is 110 Å². The SMILES string of the molecule is O=C(O)Cc1ccn(-c2ccc3c(c2)OCCO3)c1. The van der Waals surface area contributed by atoms with Gasteiger partial charge in [0.05, 0.1) is 6.42 Å². The first kappa shape index (κ1) is 11.6. The monoisotopic (exact) mass is 259 g/mol. The van der Waals surface area contributed by atoms with Crippen LogP contribution in [0.4, 0.5) is 0 Å². The van der Waals surface area contributed by atoms with E-state index in [1.807, 2.05) is 29.0 Å². The summed E-state index contributed by atoms with van der Waals surface area (Å²) in [4.78, 5) is 10.7. The van der Waals surface area contributed by atoms with E-state index in [1.54, 1.807) is 12.3 Å². The fourth-order valence-electron chi connectivity index (χ4n) is 2.07. The zero-order valence-electron chi connectivity index (χ0n) is 10.2. The molecule has 5 nitrogen and oxygen atoms in total. The van der Waals surface area contributed by atoms with Gasteiger partial charge >= 0.3 is 5.97 Å². The highest BCUT2D eigenvalue weighted by molar-refractivity contribution is 5.70. The maximum Gasteiger partial charge on any atom is 0.307 e. The number of nitrogens with zero attached hydrogens (tertiary/aromatic N) is 1. The van der Waals surface area contributed by atoms with Crippen LogP contribution in [0.25, 0.3) is 5.69 Å². The lowest BCUT2D eigenvalue weighted by Gasteiger charge is -2.19. The van der Waals surface area contributed by atoms with Gasteiger partial charge in [0.1, 0.15) is 13.2 Å². The second-order valence-electron chi connectivity index (χ2n) is 4.33. The molecule has 0 amide bonds. The molecule has 0 unspecified atom stereocenters. The molecule has 2 heterocycles. The summed E-state index contributed by atoms with van der Waals surface area (Å²) < 4.78 is 12.9. The molecule has 0 radical (unpaired) electrons. The summed E-state index contributed by atoms with van der Waals surface area (Å²) in [5, 5.41) is 8.76. The second-order valence-corrected chi connectivity index (χ2v) is 4.33. The lowest BCUT2D eigenvalue weighted by atomic mass is 10.2. The fourth-order valence-corrected chi connectivity index (χ4v) is 2.07. The standard InChI is InChI=1S/C14H13NO4/c16-14(17)7-10-3-4-15(9-10)11-1-2-12-13(8-11)19-6-5-18-12/h1-4,8-9H,5-7H2,(H,16,17). The average Bonchev–Trinajstić information content (AvgIpc) is 2.86. The largest absolute Gasteiger partial charge is 0.486 e. The van der Waals surface area contributed by atoms with Crippen molar-refractivity contribution in [1.29, 1.82) is 0 Å². The summed E-state index contributed by atoms with van der Waals surface area (Å²) >= 11 is 0. The van der Waals surface area contributed by atoms with Gasteiger partial charge < -0.3 is 19.1 Å². The van der Waals surface area contributed by atoms with Gasteiger partial charge in [-0.3, -0.25) is 4.79 Å². The van der Waals surface area contributed by atoms with Crippen LogP contribution in [-0.2, 0) is 11.2 Å². The van der Waals surface area contributed by atoms with Crippen LogP contribution in [0.5, 0.6) is 11.5 Å². The number of hydrogen-bond donors (Lipinski definition) is 1. The molecule has 5 heteroatoms. The van der Waals surface area contributed by atoms with E-state index in [0.717, 1.165) is 22.7 Å². The highest BCUT2D eigenvalue weighted by Gasteiger charge is 2.12. The number of benzene rings is 1. The zero-order valence-corrected chi connectivity index (χ0v) is 10.2. The Balaban J connectivity index is 1.89. The minimum Gasteiger partial charge on any atom is -0.486 e. The van der Waals surface area contributed by atoms with Gasteiger partial charge in [0, 0.05) is 24.1 Å². The Hall–Kier alpha value is -2.43. The number of carboxylic acid groups (broad SMARTS) is 1. The third-order valence-corrected chi connectivity index (χ3v) is 2.93. The average molecular weight is 259 g/mol. The third-order valence-electron chi connectivity index (χ3n) is 2.93. The summed E-state index contributed by atoms with van der Waals surface area (Å²) in [6.07, 6.45) is 3.67. The van der Waals surface area contributed by atoms with Gasteiger partial charge in [0.2, 0.25) is 0 Å². The Morgan fingerprint density at radius 3 is 2.79 bits per heavy atom. The van der Waals surface area contributed by atoms with Crippen molar-refractivity contribution in [2.75, 3.05) is 13.2 Å². The van der Waals surface area contributed by atoms with Crippen LogP contribution in [-0.4, -0.2) is 28.9 Å². The van der Waals surface area contributed by atoms with E-state index in [9.17, 15) is 4.79 Å². The van der Waals surface area contributed by atoms with Crippen molar-refractivity contribution >= 4 is 5.97 Å². The first-order valence-corrected chi connectivity index (χ1v) is 6.01. The quantitative estimate of drug-likeness (QED) is 0.914. The highest BCUT2D eigenvalue weighted by atomic mass is 16.6. The van der Waals surface area contributed by atoms with E-state index in [0.29, 0.717) is 13.2 Å². The molecular formula is C14H13NO4. The molecule has 0 bridgehead atoms. The summed E-state index contributed by atoms with van der Waals surface area (Å²) in [6.45, 7) is 1.12. The van der Waals surface area contributed by atoms with Crippen molar-refractivity contribution in [1.82, 2.24) is 4.57 Å². The first-order chi connectivity index (χ1) is 9.22. The molecule has 0 fully saturated rings. The van der Waals surface area contributed by atoms with E-state index in [-0.39, 0.29) is 6.42 Å². The van der Waals surface area contributed by atoms with Crippen molar-refractivity contribution in [2.24, 2.45) is 0 Å². The topological polar surface area (TPSA) is 60.7 Å². The van der Waals surface area contributed by atoms with Gasteiger partial charge in [-0.15, -0.1) is 0 Å². The number of carbonyl (C=O) groups is 1. The van der Waals surface area contributed by atoms with Crippen LogP contribution in [0.3, 0.4) is 0 Å². The minimum absolute atomic E-state index is 0.0253. The van der Waals surface area contributed by atoms with E-state index < -0.39 is 5.97 Å². The van der Waals surface area contributed by atoms with Crippen LogP contribution in [0.1, 0.15) is 5.56 Å². The molecule has 1 aromatic carbocycles. The lowest BCUT2D eigenvalue weighted by molar-refractivity contribution is -0.136. The molecule has 0 atom stereocenters. The summed E-state index contributed by atoms with van der Waals surface area (Å²) in [7, 11) is 0. The second kappa shape index (κ2) is 4.68. The predicted octanol–water partition coefficient (Wildman–Crippen LogP) is 1.88. The number of carboxylic acids is 1. The first-order valence-electron chi connectivity index (χ1n) is 6.01. The molecular weight excluding hydrogens is 246 g/mol. The van der Waals surface area contributed by atoms with Crippen LogP contribution >= 0.6 is 0 Å². The number of fused-ring (bicyclic) bond motifs is 1. The summed E-state index contributed by atoms with van der Waals surface area (Å²) in [5.74, 6) is 0.630. The normalized spacial score (nSPS) is 13.3. The molecule has 1 aliphatic heterocycles. The van der Waals surface area contributed by atoms with Crippen LogP contribution in [0, 0.1) is 0 Å². The van der Waals surface area contributed by atoms with Crippen molar-refractivity contribution < 1.29 is 19.4 Å². The molecule has 1 aromatic heterocycles. The van der Waals surface area contributed by atoms with Crippen molar-refractivity contribution in [3.63, 3.8) is 0 Å². The van der Waals surface area contributed by atoms with Crippen LogP contribution in [0.15, 0.2) is 36.7 Å². The van der Waals surface area contributed by atoms with Gasteiger partial charge in [0.15, 0.2) is 11.5 Å². The van der Waals surface area contributed by atoms with E-state index in [1.165, 1.54) is 0 Å². The maximum atomic E-state index is 10.7. The predicted molar refractivity (Wildman–Crippen MR) is 68.1 cm³/mol. The number of rotatable bonds is 3. The number of ether oxygens (including phenoxy) is 2. The smallest absolute Gasteiger partial charge is 0.307 e. The number of aliphatic carboxylic acids is 1. The van der Waals surface area contributed by atoms with Crippen LogP contribution in [0.2, 0.25) is 0 Å². The van der Waals surface area contributed by atoms with Crippen molar-refractivity contribution in [2.45, 2.75) is 6.42 Å². The molecule has 3 rings (SSSR count). The van der Waals surface area contributed by atoms with Crippen molar-refractivity contribution in [3.8, 4) is 17.2 Å². The number of aromatic nitrogens is 1. The highest BCUT2D eigenvalue weighted by Crippen LogP contribution is 2.32. The molecule has 2 aromatic rings. The number of hydrogen-bond acceptors (Lipinski definition) is 3.